The van der Waals surface area contributed by atoms with Gasteiger partial charge in [-0.15, -0.1) is 0 Å². The molecule has 1 fully saturated rings. The lowest BCUT2D eigenvalue weighted by molar-refractivity contribution is -0.138. The number of hydrogen-bond donors (Lipinski definition) is 2. The summed E-state index contributed by atoms with van der Waals surface area (Å²) in [6.45, 7) is 4.26. The first-order valence-corrected chi connectivity index (χ1v) is 6.79. The zero-order chi connectivity index (χ0) is 15.8. The fourth-order valence-electron chi connectivity index (χ4n) is 2.85. The Morgan fingerprint density at radius 3 is 2.52 bits per heavy atom. The number of halogens is 3. The van der Waals surface area contributed by atoms with Gasteiger partial charge in [-0.1, -0.05) is 13.8 Å². The molecule has 0 saturated heterocycles. The minimum atomic E-state index is -4.68. The van der Waals surface area contributed by atoms with Crippen molar-refractivity contribution in [1.29, 1.82) is 0 Å². The van der Waals surface area contributed by atoms with Crippen molar-refractivity contribution in [2.24, 2.45) is 5.41 Å². The van der Waals surface area contributed by atoms with Crippen LogP contribution in [0.25, 0.3) is 0 Å². The lowest BCUT2D eigenvalue weighted by atomic mass is 9.92. The van der Waals surface area contributed by atoms with Gasteiger partial charge in [0.25, 0.3) is 0 Å². The highest BCUT2D eigenvalue weighted by molar-refractivity contribution is 5.90. The van der Waals surface area contributed by atoms with E-state index in [-0.39, 0.29) is 11.5 Å². The summed E-state index contributed by atoms with van der Waals surface area (Å²) in [6, 6.07) is 3.41. The van der Waals surface area contributed by atoms with E-state index in [9.17, 15) is 18.0 Å². The van der Waals surface area contributed by atoms with Crippen LogP contribution in [0.1, 0.15) is 49.0 Å². The van der Waals surface area contributed by atoms with Crippen LogP contribution in [-0.4, -0.2) is 17.1 Å². The first-order valence-electron chi connectivity index (χ1n) is 6.79. The summed E-state index contributed by atoms with van der Waals surface area (Å²) < 4.78 is 38.8. The molecule has 1 unspecified atom stereocenters. The number of carboxylic acid groups (broad SMARTS) is 1. The molecule has 0 radical (unpaired) electrons. The second-order valence-electron chi connectivity index (χ2n) is 6.31. The van der Waals surface area contributed by atoms with Gasteiger partial charge < -0.3 is 10.4 Å². The number of hydrogen-bond acceptors (Lipinski definition) is 2. The minimum Gasteiger partial charge on any atom is -0.478 e. The molecule has 1 aliphatic carbocycles. The zero-order valence-corrected chi connectivity index (χ0v) is 11.9. The fourth-order valence-corrected chi connectivity index (χ4v) is 2.85. The number of carboxylic acids is 1. The largest absolute Gasteiger partial charge is 0.478 e. The zero-order valence-electron chi connectivity index (χ0n) is 11.9. The highest BCUT2D eigenvalue weighted by Gasteiger charge is 2.36. The van der Waals surface area contributed by atoms with Crippen molar-refractivity contribution in [1.82, 2.24) is 0 Å². The van der Waals surface area contributed by atoms with E-state index in [1.807, 2.05) is 0 Å². The number of rotatable bonds is 3. The maximum Gasteiger partial charge on any atom is 0.417 e. The molecule has 1 aliphatic rings. The SMILES string of the molecule is CC1(C)CCC(Nc2ccc(C(=O)O)c(C(F)(F)F)c2)C1. The number of benzene rings is 1. The predicted molar refractivity (Wildman–Crippen MR) is 73.4 cm³/mol. The molecule has 1 aromatic carbocycles. The van der Waals surface area contributed by atoms with E-state index in [1.165, 1.54) is 6.07 Å². The summed E-state index contributed by atoms with van der Waals surface area (Å²) in [5.41, 5.74) is -1.34. The monoisotopic (exact) mass is 301 g/mol. The Bertz CT molecular complexity index is 552. The van der Waals surface area contributed by atoms with Crippen molar-refractivity contribution in [3.8, 4) is 0 Å². The second-order valence-corrected chi connectivity index (χ2v) is 6.31. The van der Waals surface area contributed by atoms with Crippen LogP contribution in [0.15, 0.2) is 18.2 Å². The van der Waals surface area contributed by atoms with Gasteiger partial charge in [0, 0.05) is 11.7 Å². The number of carbonyl (C=O) groups is 1. The average Bonchev–Trinajstić information content (AvgIpc) is 2.67. The molecule has 6 heteroatoms. The lowest BCUT2D eigenvalue weighted by Crippen LogP contribution is -2.19. The highest BCUT2D eigenvalue weighted by Crippen LogP contribution is 2.39. The second kappa shape index (κ2) is 5.24. The molecule has 0 spiro atoms. The molecule has 2 N–H and O–H groups in total. The van der Waals surface area contributed by atoms with E-state index in [0.29, 0.717) is 5.69 Å². The molecule has 0 amide bonds. The number of aromatic carboxylic acids is 1. The Hall–Kier alpha value is -1.72. The van der Waals surface area contributed by atoms with E-state index in [0.717, 1.165) is 31.4 Å². The van der Waals surface area contributed by atoms with Crippen LogP contribution in [-0.2, 0) is 6.18 Å². The van der Waals surface area contributed by atoms with E-state index in [2.05, 4.69) is 19.2 Å². The normalized spacial score (nSPS) is 21.3. The van der Waals surface area contributed by atoms with Crippen LogP contribution >= 0.6 is 0 Å². The molecule has 116 valence electrons. The van der Waals surface area contributed by atoms with E-state index in [4.69, 9.17) is 5.11 Å². The minimum absolute atomic E-state index is 0.122. The summed E-state index contributed by atoms with van der Waals surface area (Å²) in [6.07, 6.45) is -1.88. The number of anilines is 1. The predicted octanol–water partition coefficient (Wildman–Crippen LogP) is 4.39. The van der Waals surface area contributed by atoms with Crippen LogP contribution in [0.4, 0.5) is 18.9 Å². The molecule has 3 nitrogen and oxygen atoms in total. The molecule has 2 rings (SSSR count). The van der Waals surface area contributed by atoms with E-state index < -0.39 is 23.3 Å². The molecule has 0 aromatic heterocycles. The molecule has 1 saturated carbocycles. The maximum absolute atomic E-state index is 12.9. The van der Waals surface area contributed by atoms with E-state index in [1.54, 1.807) is 0 Å². The van der Waals surface area contributed by atoms with Gasteiger partial charge in [0.05, 0.1) is 11.1 Å². The Morgan fingerprint density at radius 2 is 2.05 bits per heavy atom. The third-order valence-corrected chi connectivity index (χ3v) is 3.89. The standard InChI is InChI=1S/C15H18F3NO2/c1-14(2)6-5-10(8-14)19-9-3-4-11(13(20)21)12(7-9)15(16,17)18/h3-4,7,10,19H,5-6,8H2,1-2H3,(H,20,21). The fraction of sp³-hybridized carbons (Fsp3) is 0.533. The van der Waals surface area contributed by atoms with Gasteiger partial charge in [0.15, 0.2) is 0 Å². The van der Waals surface area contributed by atoms with Crippen LogP contribution in [0, 0.1) is 5.41 Å². The lowest BCUT2D eigenvalue weighted by Gasteiger charge is -2.19. The van der Waals surface area contributed by atoms with E-state index >= 15 is 0 Å². The topological polar surface area (TPSA) is 49.3 Å². The quantitative estimate of drug-likeness (QED) is 0.870. The summed E-state index contributed by atoms with van der Waals surface area (Å²) >= 11 is 0. The van der Waals surface area contributed by atoms with Crippen molar-refractivity contribution < 1.29 is 23.1 Å². The van der Waals surface area contributed by atoms with Gasteiger partial charge in [0.2, 0.25) is 0 Å². The summed E-state index contributed by atoms with van der Waals surface area (Å²) in [5.74, 6) is -1.57. The van der Waals surface area contributed by atoms with Crippen LogP contribution in [0.3, 0.4) is 0 Å². The third-order valence-electron chi connectivity index (χ3n) is 3.89. The van der Waals surface area contributed by atoms with Crippen molar-refractivity contribution in [2.45, 2.75) is 45.3 Å². The van der Waals surface area contributed by atoms with Gasteiger partial charge >= 0.3 is 12.1 Å². The Kier molecular flexibility index (Phi) is 3.91. The molecule has 1 aromatic rings. The Labute approximate surface area is 121 Å². The van der Waals surface area contributed by atoms with Crippen LogP contribution in [0.5, 0.6) is 0 Å². The molecule has 0 aliphatic heterocycles. The van der Waals surface area contributed by atoms with Crippen molar-refractivity contribution in [3.63, 3.8) is 0 Å². The summed E-state index contributed by atoms with van der Waals surface area (Å²) in [5, 5.41) is 11.9. The van der Waals surface area contributed by atoms with Crippen LogP contribution in [0.2, 0.25) is 0 Å². The molecular weight excluding hydrogens is 283 g/mol. The highest BCUT2D eigenvalue weighted by atomic mass is 19.4. The molecular formula is C15H18F3NO2. The van der Waals surface area contributed by atoms with Crippen molar-refractivity contribution in [2.75, 3.05) is 5.32 Å². The summed E-state index contributed by atoms with van der Waals surface area (Å²) in [7, 11) is 0. The molecule has 0 heterocycles. The first-order chi connectivity index (χ1) is 9.58. The van der Waals surface area contributed by atoms with Gasteiger partial charge in [-0.05, 0) is 42.9 Å². The Balaban J connectivity index is 2.24. The number of alkyl halides is 3. The molecule has 21 heavy (non-hydrogen) atoms. The van der Waals surface area contributed by atoms with Crippen LogP contribution < -0.4 is 5.32 Å². The van der Waals surface area contributed by atoms with Crippen molar-refractivity contribution in [3.05, 3.63) is 29.3 Å². The average molecular weight is 301 g/mol. The van der Waals surface area contributed by atoms with Gasteiger partial charge in [-0.25, -0.2) is 4.79 Å². The summed E-state index contributed by atoms with van der Waals surface area (Å²) in [4.78, 5) is 10.9. The Morgan fingerprint density at radius 1 is 1.38 bits per heavy atom. The van der Waals surface area contributed by atoms with Gasteiger partial charge in [0.1, 0.15) is 0 Å². The first kappa shape index (κ1) is 15.7. The maximum atomic E-state index is 12.9. The van der Waals surface area contributed by atoms with Gasteiger partial charge in [-0.2, -0.15) is 13.2 Å². The molecule has 1 atom stereocenters. The molecule has 0 bridgehead atoms. The third kappa shape index (κ3) is 3.68. The van der Waals surface area contributed by atoms with Gasteiger partial charge in [-0.3, -0.25) is 0 Å². The van der Waals surface area contributed by atoms with Crippen molar-refractivity contribution >= 4 is 11.7 Å². The smallest absolute Gasteiger partial charge is 0.417 e. The number of nitrogens with one attached hydrogen (secondary N) is 1.